The number of nitrogens with zero attached hydrogens (tertiary/aromatic N) is 4. The minimum atomic E-state index is -0.730. The second-order valence-corrected chi connectivity index (χ2v) is 9.36. The van der Waals surface area contributed by atoms with E-state index < -0.39 is 6.04 Å². The van der Waals surface area contributed by atoms with Gasteiger partial charge in [-0.25, -0.2) is 9.97 Å². The van der Waals surface area contributed by atoms with Crippen LogP contribution in [-0.2, 0) is 20.9 Å². The van der Waals surface area contributed by atoms with Crippen LogP contribution in [-0.4, -0.2) is 70.5 Å². The SMILES string of the molecule is COCC1C(=O)N(Cc2ccc3c(N)ncnc3c2)C(C)CN1C(=O)COc1csc(Cl)c1. The highest BCUT2D eigenvalue weighted by Gasteiger charge is 2.41. The number of carbonyl (C=O) groups is 2. The zero-order valence-corrected chi connectivity index (χ0v) is 19.8. The molecule has 3 heterocycles. The predicted octanol–water partition coefficient (Wildman–Crippen LogP) is 2.58. The van der Waals surface area contributed by atoms with Crippen molar-refractivity contribution in [3.05, 3.63) is 45.9 Å². The summed E-state index contributed by atoms with van der Waals surface area (Å²) in [6.45, 7) is 2.58. The van der Waals surface area contributed by atoms with E-state index in [0.717, 1.165) is 10.9 Å². The van der Waals surface area contributed by atoms with Crippen molar-refractivity contribution < 1.29 is 19.1 Å². The molecule has 0 radical (unpaired) electrons. The molecule has 4 rings (SSSR count). The lowest BCUT2D eigenvalue weighted by Crippen LogP contribution is -2.63. The van der Waals surface area contributed by atoms with Crippen LogP contribution in [0.5, 0.6) is 5.75 Å². The van der Waals surface area contributed by atoms with Crippen LogP contribution in [0.1, 0.15) is 12.5 Å². The summed E-state index contributed by atoms with van der Waals surface area (Å²) in [7, 11) is 1.51. The second kappa shape index (κ2) is 9.90. The average Bonchev–Trinajstić information content (AvgIpc) is 3.22. The summed E-state index contributed by atoms with van der Waals surface area (Å²) in [5.74, 6) is 0.484. The van der Waals surface area contributed by atoms with E-state index in [1.807, 2.05) is 25.1 Å². The Labute approximate surface area is 200 Å². The van der Waals surface area contributed by atoms with E-state index in [4.69, 9.17) is 26.8 Å². The van der Waals surface area contributed by atoms with Crippen molar-refractivity contribution in [2.75, 3.05) is 32.6 Å². The molecule has 0 bridgehead atoms. The van der Waals surface area contributed by atoms with Gasteiger partial charge in [0.2, 0.25) is 5.91 Å². The number of halogens is 1. The molecule has 1 aliphatic rings. The summed E-state index contributed by atoms with van der Waals surface area (Å²) >= 11 is 7.24. The topological polar surface area (TPSA) is 111 Å². The quantitative estimate of drug-likeness (QED) is 0.543. The third-order valence-electron chi connectivity index (χ3n) is 5.57. The number of methoxy groups -OCH3 is 1. The molecular formula is C22H24ClN5O4S. The van der Waals surface area contributed by atoms with E-state index in [2.05, 4.69) is 9.97 Å². The van der Waals surface area contributed by atoms with Crippen molar-refractivity contribution in [2.24, 2.45) is 0 Å². The summed E-state index contributed by atoms with van der Waals surface area (Å²) in [5.41, 5.74) is 7.54. The molecule has 1 aromatic carbocycles. The number of hydrogen-bond donors (Lipinski definition) is 1. The van der Waals surface area contributed by atoms with Crippen molar-refractivity contribution >= 4 is 51.5 Å². The zero-order chi connectivity index (χ0) is 23.5. The molecule has 9 nitrogen and oxygen atoms in total. The Hall–Kier alpha value is -2.95. The number of amides is 2. The molecule has 3 aromatic rings. The fourth-order valence-electron chi connectivity index (χ4n) is 3.90. The van der Waals surface area contributed by atoms with E-state index in [-0.39, 0.29) is 31.1 Å². The van der Waals surface area contributed by atoms with Gasteiger partial charge in [0.05, 0.1) is 16.5 Å². The van der Waals surface area contributed by atoms with Crippen LogP contribution in [0.4, 0.5) is 5.82 Å². The highest BCUT2D eigenvalue weighted by Crippen LogP contribution is 2.26. The fourth-order valence-corrected chi connectivity index (χ4v) is 4.69. The van der Waals surface area contributed by atoms with Gasteiger partial charge in [0, 0.05) is 43.1 Å². The van der Waals surface area contributed by atoms with Gasteiger partial charge in [-0.3, -0.25) is 9.59 Å². The monoisotopic (exact) mass is 489 g/mol. The van der Waals surface area contributed by atoms with E-state index >= 15 is 0 Å². The van der Waals surface area contributed by atoms with Crippen LogP contribution in [0.2, 0.25) is 4.34 Å². The highest BCUT2D eigenvalue weighted by atomic mass is 35.5. The van der Waals surface area contributed by atoms with Crippen LogP contribution in [0, 0.1) is 0 Å². The normalized spacial score (nSPS) is 18.7. The van der Waals surface area contributed by atoms with Crippen molar-refractivity contribution in [1.82, 2.24) is 19.8 Å². The molecule has 0 spiro atoms. The minimum Gasteiger partial charge on any atom is -0.483 e. The number of benzene rings is 1. The smallest absolute Gasteiger partial charge is 0.261 e. The molecule has 33 heavy (non-hydrogen) atoms. The summed E-state index contributed by atoms with van der Waals surface area (Å²) < 4.78 is 11.4. The summed E-state index contributed by atoms with van der Waals surface area (Å²) in [5, 5.41) is 2.50. The Bertz CT molecular complexity index is 1170. The number of ether oxygens (including phenoxy) is 2. The van der Waals surface area contributed by atoms with Gasteiger partial charge in [-0.15, -0.1) is 11.3 Å². The zero-order valence-electron chi connectivity index (χ0n) is 18.2. The third kappa shape index (κ3) is 5.02. The van der Waals surface area contributed by atoms with E-state index in [1.165, 1.54) is 29.7 Å². The minimum absolute atomic E-state index is 0.0968. The third-order valence-corrected chi connectivity index (χ3v) is 6.64. The van der Waals surface area contributed by atoms with Gasteiger partial charge in [-0.05, 0) is 24.6 Å². The number of carbonyl (C=O) groups excluding carboxylic acids is 2. The Kier molecular flexibility index (Phi) is 6.96. The second-order valence-electron chi connectivity index (χ2n) is 7.82. The highest BCUT2D eigenvalue weighted by molar-refractivity contribution is 7.14. The van der Waals surface area contributed by atoms with E-state index in [1.54, 1.807) is 16.3 Å². The van der Waals surface area contributed by atoms with Gasteiger partial charge in [0.25, 0.3) is 5.91 Å². The summed E-state index contributed by atoms with van der Waals surface area (Å²) in [4.78, 5) is 37.9. The molecule has 11 heteroatoms. The van der Waals surface area contributed by atoms with Crippen LogP contribution >= 0.6 is 22.9 Å². The maximum Gasteiger partial charge on any atom is 0.261 e. The number of nitrogen functional groups attached to an aromatic ring is 1. The van der Waals surface area contributed by atoms with Crippen LogP contribution in [0.25, 0.3) is 10.9 Å². The lowest BCUT2D eigenvalue weighted by Gasteiger charge is -2.44. The number of hydrogen-bond acceptors (Lipinski definition) is 8. The van der Waals surface area contributed by atoms with E-state index in [0.29, 0.717) is 34.5 Å². The number of nitrogens with two attached hydrogens (primary N) is 1. The van der Waals surface area contributed by atoms with Crippen LogP contribution in [0.15, 0.2) is 36.0 Å². The first kappa shape index (κ1) is 23.2. The predicted molar refractivity (Wildman–Crippen MR) is 126 cm³/mol. The number of piperazine rings is 1. The number of aromatic nitrogens is 2. The largest absolute Gasteiger partial charge is 0.483 e. The standard InChI is InChI=1S/C22H24ClN5O4S/c1-13-7-28(20(29)10-32-15-6-19(23)33-11-15)18(9-31-2)22(30)27(13)8-14-3-4-16-17(5-14)25-12-26-21(16)24/h3-6,11-13,18H,7-10H2,1-2H3,(H2,24,25,26). The molecule has 2 amide bonds. The number of thiophene rings is 1. The average molecular weight is 490 g/mol. The Morgan fingerprint density at radius 2 is 2.15 bits per heavy atom. The molecule has 2 aromatic heterocycles. The molecule has 0 saturated carbocycles. The maximum atomic E-state index is 13.4. The van der Waals surface area contributed by atoms with Crippen molar-refractivity contribution in [2.45, 2.75) is 25.6 Å². The molecular weight excluding hydrogens is 466 g/mol. The van der Waals surface area contributed by atoms with Crippen LogP contribution < -0.4 is 10.5 Å². The Morgan fingerprint density at radius 1 is 1.33 bits per heavy atom. The number of fused-ring (bicyclic) bond motifs is 1. The van der Waals surface area contributed by atoms with Gasteiger partial charge < -0.3 is 25.0 Å². The summed E-state index contributed by atoms with van der Waals surface area (Å²) in [6.07, 6.45) is 1.42. The van der Waals surface area contributed by atoms with Crippen molar-refractivity contribution in [3.63, 3.8) is 0 Å². The molecule has 1 fully saturated rings. The molecule has 1 aliphatic heterocycles. The van der Waals surface area contributed by atoms with Gasteiger partial charge >= 0.3 is 0 Å². The lowest BCUT2D eigenvalue weighted by molar-refractivity contribution is -0.159. The van der Waals surface area contributed by atoms with Crippen molar-refractivity contribution in [3.8, 4) is 5.75 Å². The fraction of sp³-hybridized carbons (Fsp3) is 0.364. The Morgan fingerprint density at radius 3 is 2.88 bits per heavy atom. The van der Waals surface area contributed by atoms with E-state index in [9.17, 15) is 9.59 Å². The summed E-state index contributed by atoms with van der Waals surface area (Å²) in [6, 6.07) is 6.39. The first-order chi connectivity index (χ1) is 15.9. The molecule has 1 saturated heterocycles. The molecule has 174 valence electrons. The lowest BCUT2D eigenvalue weighted by atomic mass is 10.0. The van der Waals surface area contributed by atoms with Gasteiger partial charge in [-0.1, -0.05) is 17.7 Å². The Balaban J connectivity index is 1.49. The molecule has 2 unspecified atom stereocenters. The maximum absolute atomic E-state index is 13.4. The first-order valence-corrected chi connectivity index (χ1v) is 11.6. The molecule has 2 atom stereocenters. The number of anilines is 1. The first-order valence-electron chi connectivity index (χ1n) is 10.3. The van der Waals surface area contributed by atoms with Gasteiger partial charge in [0.15, 0.2) is 6.61 Å². The van der Waals surface area contributed by atoms with Gasteiger partial charge in [-0.2, -0.15) is 0 Å². The van der Waals surface area contributed by atoms with Gasteiger partial charge in [0.1, 0.15) is 23.9 Å². The van der Waals surface area contributed by atoms with Crippen molar-refractivity contribution in [1.29, 1.82) is 0 Å². The molecule has 0 aliphatic carbocycles. The van der Waals surface area contributed by atoms with Crippen LogP contribution in [0.3, 0.4) is 0 Å². The number of rotatable bonds is 7. The molecule has 2 N–H and O–H groups in total.